The Balaban J connectivity index is 1.68. The molecule has 2 amide bonds. The number of hydrogen-bond donors (Lipinski definition) is 1. The summed E-state index contributed by atoms with van der Waals surface area (Å²) in [7, 11) is 0. The highest BCUT2D eigenvalue weighted by atomic mass is 35.5. The first-order chi connectivity index (χ1) is 12.5. The van der Waals surface area contributed by atoms with Gasteiger partial charge >= 0.3 is 0 Å². The predicted octanol–water partition coefficient (Wildman–Crippen LogP) is 4.43. The number of carbonyl (C=O) groups is 2. The van der Waals surface area contributed by atoms with Crippen molar-refractivity contribution in [3.05, 3.63) is 39.8 Å². The van der Waals surface area contributed by atoms with Crippen LogP contribution in [0.3, 0.4) is 0 Å². The lowest BCUT2D eigenvalue weighted by molar-refractivity contribution is -0.128. The summed E-state index contributed by atoms with van der Waals surface area (Å²) in [5.74, 6) is -0.405. The minimum Gasteiger partial charge on any atom is -0.326 e. The Morgan fingerprint density at radius 2 is 2.19 bits per heavy atom. The number of hydrogen-bond acceptors (Lipinski definition) is 6. The van der Waals surface area contributed by atoms with Gasteiger partial charge in [-0.05, 0) is 25.1 Å². The summed E-state index contributed by atoms with van der Waals surface area (Å²) in [5.41, 5.74) is 0.531. The fourth-order valence-electron chi connectivity index (χ4n) is 2.32. The van der Waals surface area contributed by atoms with Gasteiger partial charge in [-0.2, -0.15) is 4.99 Å². The maximum absolute atomic E-state index is 12.6. The van der Waals surface area contributed by atoms with Crippen LogP contribution in [-0.2, 0) is 9.59 Å². The minimum absolute atomic E-state index is 0.0388. The van der Waals surface area contributed by atoms with E-state index in [-0.39, 0.29) is 18.2 Å². The number of carbonyl (C=O) groups excluding carboxylic acids is 2. The molecule has 2 aromatic rings. The van der Waals surface area contributed by atoms with Crippen LogP contribution in [0.5, 0.6) is 0 Å². The molecule has 1 aliphatic rings. The van der Waals surface area contributed by atoms with Crippen molar-refractivity contribution in [1.82, 2.24) is 9.88 Å². The van der Waals surface area contributed by atoms with Gasteiger partial charge in [0.25, 0.3) is 0 Å². The number of anilines is 1. The molecule has 0 aliphatic carbocycles. The molecule has 1 aromatic carbocycles. The predicted molar refractivity (Wildman–Crippen MR) is 108 cm³/mol. The molecule has 136 valence electrons. The molecule has 1 aromatic heterocycles. The summed E-state index contributed by atoms with van der Waals surface area (Å²) < 4.78 is 0. The van der Waals surface area contributed by atoms with Crippen molar-refractivity contribution in [1.29, 1.82) is 0 Å². The van der Waals surface area contributed by atoms with E-state index < -0.39 is 5.25 Å². The average Bonchev–Trinajstić information content (AvgIpc) is 3.20. The number of benzene rings is 1. The SMILES string of the molecule is CCN1C(=O)C(CC(=O)Nc2ccc(Cl)c(Cl)c2)SC1=Nc1nccs1. The third-order valence-electron chi connectivity index (χ3n) is 3.52. The lowest BCUT2D eigenvalue weighted by Crippen LogP contribution is -2.33. The summed E-state index contributed by atoms with van der Waals surface area (Å²) in [5, 5.41) is 5.95. The smallest absolute Gasteiger partial charge is 0.242 e. The second-order valence-electron chi connectivity index (χ2n) is 5.28. The van der Waals surface area contributed by atoms with Crippen LogP contribution in [0.15, 0.2) is 34.8 Å². The van der Waals surface area contributed by atoms with Crippen LogP contribution in [0.2, 0.25) is 10.0 Å². The summed E-state index contributed by atoms with van der Waals surface area (Å²) in [6.07, 6.45) is 1.70. The molecule has 0 radical (unpaired) electrons. The van der Waals surface area contributed by atoms with Crippen LogP contribution in [0.1, 0.15) is 13.3 Å². The zero-order valence-corrected chi connectivity index (χ0v) is 16.8. The molecule has 3 rings (SSSR count). The highest BCUT2D eigenvalue weighted by Gasteiger charge is 2.38. The number of aromatic nitrogens is 1. The summed E-state index contributed by atoms with van der Waals surface area (Å²) >= 11 is 14.5. The van der Waals surface area contributed by atoms with E-state index in [2.05, 4.69) is 15.3 Å². The van der Waals surface area contributed by atoms with Gasteiger partial charge in [0.05, 0.1) is 10.0 Å². The van der Waals surface area contributed by atoms with Crippen LogP contribution in [0, 0.1) is 0 Å². The van der Waals surface area contributed by atoms with E-state index in [0.717, 1.165) is 0 Å². The molecule has 10 heteroatoms. The lowest BCUT2D eigenvalue weighted by Gasteiger charge is -2.13. The Hall–Kier alpha value is -1.61. The molecule has 1 N–H and O–H groups in total. The summed E-state index contributed by atoms with van der Waals surface area (Å²) in [6.45, 7) is 2.36. The maximum atomic E-state index is 12.6. The number of halogens is 2. The second kappa shape index (κ2) is 8.39. The largest absolute Gasteiger partial charge is 0.326 e. The van der Waals surface area contributed by atoms with E-state index in [9.17, 15) is 9.59 Å². The van der Waals surface area contributed by atoms with Crippen molar-refractivity contribution in [2.45, 2.75) is 18.6 Å². The van der Waals surface area contributed by atoms with Crippen molar-refractivity contribution in [2.75, 3.05) is 11.9 Å². The van der Waals surface area contributed by atoms with Gasteiger partial charge in [-0.3, -0.25) is 14.5 Å². The topological polar surface area (TPSA) is 74.7 Å². The van der Waals surface area contributed by atoms with Gasteiger partial charge in [0.2, 0.25) is 16.9 Å². The molecule has 0 saturated carbocycles. The van der Waals surface area contributed by atoms with Crippen LogP contribution in [-0.4, -0.2) is 38.7 Å². The van der Waals surface area contributed by atoms with E-state index in [4.69, 9.17) is 23.2 Å². The minimum atomic E-state index is -0.517. The molecule has 1 atom stereocenters. The number of aliphatic imine (C=N–C) groups is 1. The standard InChI is InChI=1S/C16H14Cl2N4O2S2/c1-2-22-14(24)12(26-16(22)21-15-19-5-6-25-15)8-13(23)20-9-3-4-10(17)11(18)7-9/h3-7,12H,2,8H2,1H3,(H,20,23). The Labute approximate surface area is 168 Å². The molecule has 26 heavy (non-hydrogen) atoms. The Morgan fingerprint density at radius 3 is 2.85 bits per heavy atom. The van der Waals surface area contributed by atoms with Gasteiger partial charge in [0.15, 0.2) is 5.17 Å². The number of nitrogens with zero attached hydrogens (tertiary/aromatic N) is 3. The first kappa shape index (κ1) is 19.2. The zero-order valence-electron chi connectivity index (χ0n) is 13.6. The molecule has 0 spiro atoms. The second-order valence-corrected chi connectivity index (χ2v) is 8.14. The number of nitrogens with one attached hydrogen (secondary N) is 1. The highest BCUT2D eigenvalue weighted by molar-refractivity contribution is 8.15. The van der Waals surface area contributed by atoms with Crippen LogP contribution >= 0.6 is 46.3 Å². The van der Waals surface area contributed by atoms with E-state index >= 15 is 0 Å². The number of thiazole rings is 1. The molecule has 1 aliphatic heterocycles. The molecule has 2 heterocycles. The van der Waals surface area contributed by atoms with E-state index in [1.807, 2.05) is 12.3 Å². The third kappa shape index (κ3) is 4.37. The first-order valence-electron chi connectivity index (χ1n) is 7.69. The third-order valence-corrected chi connectivity index (χ3v) is 6.10. The first-order valence-corrected chi connectivity index (χ1v) is 10.2. The van der Waals surface area contributed by atoms with E-state index in [0.29, 0.717) is 32.6 Å². The summed E-state index contributed by atoms with van der Waals surface area (Å²) in [6, 6.07) is 4.83. The van der Waals surface area contributed by atoms with Gasteiger partial charge in [0, 0.05) is 30.2 Å². The van der Waals surface area contributed by atoms with E-state index in [1.165, 1.54) is 23.1 Å². The molecular formula is C16H14Cl2N4O2S2. The fraction of sp³-hybridized carbons (Fsp3) is 0.250. The summed E-state index contributed by atoms with van der Waals surface area (Å²) in [4.78, 5) is 35.0. The van der Waals surface area contributed by atoms with Gasteiger partial charge in [0.1, 0.15) is 5.25 Å². The molecule has 1 saturated heterocycles. The highest BCUT2D eigenvalue weighted by Crippen LogP contribution is 2.32. The van der Waals surface area contributed by atoms with Crippen molar-refractivity contribution in [3.63, 3.8) is 0 Å². The molecule has 1 fully saturated rings. The normalized spacial score (nSPS) is 18.6. The Morgan fingerprint density at radius 1 is 1.38 bits per heavy atom. The molecular weight excluding hydrogens is 415 g/mol. The molecule has 6 nitrogen and oxygen atoms in total. The van der Waals surface area contributed by atoms with Crippen molar-refractivity contribution in [2.24, 2.45) is 4.99 Å². The monoisotopic (exact) mass is 428 g/mol. The van der Waals surface area contributed by atoms with Crippen LogP contribution < -0.4 is 5.32 Å². The number of thioether (sulfide) groups is 1. The van der Waals surface area contributed by atoms with Crippen molar-refractivity contribution in [3.8, 4) is 0 Å². The van der Waals surface area contributed by atoms with E-state index in [1.54, 1.807) is 29.3 Å². The number of amidine groups is 1. The average molecular weight is 429 g/mol. The maximum Gasteiger partial charge on any atom is 0.242 e. The Kier molecular flexibility index (Phi) is 6.18. The van der Waals surface area contributed by atoms with Crippen molar-refractivity contribution < 1.29 is 9.59 Å². The number of rotatable bonds is 5. The quantitative estimate of drug-likeness (QED) is 0.763. The van der Waals surface area contributed by atoms with Crippen LogP contribution in [0.4, 0.5) is 10.8 Å². The Bertz CT molecular complexity index is 858. The molecule has 0 bridgehead atoms. The fourth-order valence-corrected chi connectivity index (χ4v) is 4.39. The van der Waals surface area contributed by atoms with Gasteiger partial charge < -0.3 is 5.32 Å². The van der Waals surface area contributed by atoms with Crippen molar-refractivity contribution >= 4 is 74.1 Å². The molecule has 1 unspecified atom stereocenters. The van der Waals surface area contributed by atoms with Gasteiger partial charge in [-0.25, -0.2) is 4.98 Å². The zero-order chi connectivity index (χ0) is 18.7. The van der Waals surface area contributed by atoms with Crippen LogP contribution in [0.25, 0.3) is 0 Å². The van der Waals surface area contributed by atoms with Gasteiger partial charge in [-0.15, -0.1) is 11.3 Å². The number of amides is 2. The van der Waals surface area contributed by atoms with Gasteiger partial charge in [-0.1, -0.05) is 35.0 Å². The lowest BCUT2D eigenvalue weighted by atomic mass is 10.2.